The maximum atomic E-state index is 13.0. The molecule has 0 aliphatic rings. The third-order valence-electron chi connectivity index (χ3n) is 5.49. The fourth-order valence-corrected chi connectivity index (χ4v) is 3.33. The van der Waals surface area contributed by atoms with Crippen LogP contribution in [0.25, 0.3) is 0 Å². The van der Waals surface area contributed by atoms with Crippen LogP contribution in [0.2, 0.25) is 0 Å². The smallest absolute Gasteiger partial charge is 0.326 e. The number of hydrogen-bond acceptors (Lipinski definition) is 7. The van der Waals surface area contributed by atoms with Crippen LogP contribution >= 0.6 is 0 Å². The minimum Gasteiger partial charge on any atom is -0.480 e. The minimum atomic E-state index is -1.37. The normalized spacial score (nSPS) is 15.4. The van der Waals surface area contributed by atoms with E-state index < -0.39 is 60.2 Å². The number of rotatable bonds is 15. The van der Waals surface area contributed by atoms with Crippen molar-refractivity contribution in [3.05, 3.63) is 18.2 Å². The van der Waals surface area contributed by atoms with Crippen LogP contribution in [0.15, 0.2) is 12.5 Å². The van der Waals surface area contributed by atoms with Crippen LogP contribution in [0.5, 0.6) is 0 Å². The molecule has 1 heterocycles. The van der Waals surface area contributed by atoms with Gasteiger partial charge in [0.05, 0.1) is 18.8 Å². The average Bonchev–Trinajstić information content (AvgIpc) is 3.27. The molecule has 0 spiro atoms. The Bertz CT molecular complexity index is 874. The van der Waals surface area contributed by atoms with Crippen LogP contribution < -0.4 is 27.4 Å². The van der Waals surface area contributed by atoms with Crippen molar-refractivity contribution in [3.8, 4) is 0 Å². The molecule has 13 nitrogen and oxygen atoms in total. The van der Waals surface area contributed by atoms with Crippen molar-refractivity contribution in [2.45, 2.75) is 77.5 Å². The molecule has 1 aromatic heterocycles. The van der Waals surface area contributed by atoms with E-state index in [0.717, 1.165) is 0 Å². The SMILES string of the molecule is CCC(C)C(NC(=O)C(CC(C)C)NC(=O)C(CC(N)=O)NC(=O)C(N)Cc1cnc[nH]1)C(=O)O. The number of carboxylic acid groups (broad SMARTS) is 1. The van der Waals surface area contributed by atoms with E-state index in [0.29, 0.717) is 12.1 Å². The number of nitrogens with two attached hydrogens (primary N) is 2. The molecule has 0 aromatic carbocycles. The number of carboxylic acids is 1. The second-order valence-corrected chi connectivity index (χ2v) is 9.02. The fourth-order valence-electron chi connectivity index (χ4n) is 3.33. The lowest BCUT2D eigenvalue weighted by Crippen LogP contribution is -2.58. The number of carbonyl (C=O) groups is 5. The lowest BCUT2D eigenvalue weighted by atomic mass is 9.97. The molecule has 0 saturated heterocycles. The largest absolute Gasteiger partial charge is 0.480 e. The van der Waals surface area contributed by atoms with Gasteiger partial charge in [0.1, 0.15) is 18.1 Å². The molecule has 5 atom stereocenters. The first-order valence-corrected chi connectivity index (χ1v) is 11.5. The third-order valence-corrected chi connectivity index (χ3v) is 5.49. The van der Waals surface area contributed by atoms with Crippen LogP contribution in [-0.4, -0.2) is 68.8 Å². The average molecular weight is 496 g/mol. The summed E-state index contributed by atoms with van der Waals surface area (Å²) >= 11 is 0. The summed E-state index contributed by atoms with van der Waals surface area (Å²) in [7, 11) is 0. The van der Waals surface area contributed by atoms with Crippen molar-refractivity contribution in [3.63, 3.8) is 0 Å². The van der Waals surface area contributed by atoms with E-state index in [1.165, 1.54) is 12.5 Å². The fraction of sp³-hybridized carbons (Fsp3) is 0.636. The number of amides is 4. The van der Waals surface area contributed by atoms with E-state index >= 15 is 0 Å². The number of aliphatic carboxylic acids is 1. The maximum Gasteiger partial charge on any atom is 0.326 e. The molecule has 1 aromatic rings. The van der Waals surface area contributed by atoms with E-state index in [2.05, 4.69) is 25.9 Å². The highest BCUT2D eigenvalue weighted by atomic mass is 16.4. The minimum absolute atomic E-state index is 0.0371. The summed E-state index contributed by atoms with van der Waals surface area (Å²) in [5.74, 6) is -4.61. The molecule has 1 rings (SSSR count). The zero-order chi connectivity index (χ0) is 26.7. The second kappa shape index (κ2) is 14.0. The van der Waals surface area contributed by atoms with E-state index in [1.54, 1.807) is 13.8 Å². The van der Waals surface area contributed by atoms with Gasteiger partial charge in [0.2, 0.25) is 23.6 Å². The van der Waals surface area contributed by atoms with Gasteiger partial charge in [0.15, 0.2) is 0 Å². The number of nitrogens with zero attached hydrogens (tertiary/aromatic N) is 1. The first-order valence-electron chi connectivity index (χ1n) is 11.5. The van der Waals surface area contributed by atoms with Gasteiger partial charge in [-0.15, -0.1) is 0 Å². The number of primary amides is 1. The standard InChI is InChI=1S/C22H37N7O6/c1-5-12(4)18(22(34)35)29-21(33)15(6-11(2)3)28-20(32)16(8-17(24)30)27-19(31)14(23)7-13-9-25-10-26-13/h9-12,14-16,18H,5-8,23H2,1-4H3,(H2,24,30)(H,25,26)(H,27,31)(H,28,32)(H,29,33)(H,34,35). The number of aromatic nitrogens is 2. The van der Waals surface area contributed by atoms with Crippen LogP contribution in [0.1, 0.15) is 52.7 Å². The molecule has 35 heavy (non-hydrogen) atoms. The molecule has 0 bridgehead atoms. The first kappa shape index (κ1) is 29.6. The molecule has 0 aliphatic carbocycles. The highest BCUT2D eigenvalue weighted by molar-refractivity contribution is 5.96. The molecule has 4 amide bonds. The number of imidazole rings is 1. The maximum absolute atomic E-state index is 13.0. The summed E-state index contributed by atoms with van der Waals surface area (Å²) in [5.41, 5.74) is 11.8. The van der Waals surface area contributed by atoms with Crippen molar-refractivity contribution in [2.75, 3.05) is 0 Å². The van der Waals surface area contributed by atoms with E-state index in [1.807, 2.05) is 13.8 Å². The van der Waals surface area contributed by atoms with Crippen LogP contribution in [0, 0.1) is 11.8 Å². The highest BCUT2D eigenvalue weighted by Gasteiger charge is 2.32. The molecule has 9 N–H and O–H groups in total. The van der Waals surface area contributed by atoms with Gasteiger partial charge in [-0.05, 0) is 18.3 Å². The Hall–Kier alpha value is -3.48. The Morgan fingerprint density at radius 3 is 2.11 bits per heavy atom. The predicted octanol–water partition coefficient (Wildman–Crippen LogP) is -1.21. The van der Waals surface area contributed by atoms with Crippen LogP contribution in [0.3, 0.4) is 0 Å². The van der Waals surface area contributed by atoms with Gasteiger partial charge in [-0.2, -0.15) is 0 Å². The van der Waals surface area contributed by atoms with Crippen molar-refractivity contribution in [2.24, 2.45) is 23.3 Å². The number of nitrogens with one attached hydrogen (secondary N) is 4. The Morgan fingerprint density at radius 1 is 1.03 bits per heavy atom. The molecule has 0 fully saturated rings. The van der Waals surface area contributed by atoms with E-state index in [9.17, 15) is 29.1 Å². The third kappa shape index (κ3) is 10.1. The number of carbonyl (C=O) groups excluding carboxylic acids is 4. The number of aromatic amines is 1. The van der Waals surface area contributed by atoms with Crippen LogP contribution in [0.4, 0.5) is 0 Å². The molecule has 0 radical (unpaired) electrons. The molecule has 196 valence electrons. The molecule has 5 unspecified atom stereocenters. The van der Waals surface area contributed by atoms with E-state index in [4.69, 9.17) is 11.5 Å². The Labute approximate surface area is 204 Å². The summed E-state index contributed by atoms with van der Waals surface area (Å²) in [4.78, 5) is 68.2. The molecule has 13 heteroatoms. The second-order valence-electron chi connectivity index (χ2n) is 9.02. The van der Waals surface area contributed by atoms with Crippen molar-refractivity contribution < 1.29 is 29.1 Å². The Kier molecular flexibility index (Phi) is 11.9. The molecular formula is C22H37N7O6. The number of hydrogen-bond donors (Lipinski definition) is 7. The zero-order valence-electron chi connectivity index (χ0n) is 20.5. The summed E-state index contributed by atoms with van der Waals surface area (Å²) in [6.45, 7) is 7.15. The van der Waals surface area contributed by atoms with Gasteiger partial charge in [0.25, 0.3) is 0 Å². The molecule has 0 aliphatic heterocycles. The van der Waals surface area contributed by atoms with Gasteiger partial charge in [0, 0.05) is 18.3 Å². The lowest BCUT2D eigenvalue weighted by molar-refractivity contribution is -0.144. The van der Waals surface area contributed by atoms with Crippen molar-refractivity contribution in [1.82, 2.24) is 25.9 Å². The summed E-state index contributed by atoms with van der Waals surface area (Å²) in [5, 5.41) is 16.9. The highest BCUT2D eigenvalue weighted by Crippen LogP contribution is 2.11. The monoisotopic (exact) mass is 495 g/mol. The zero-order valence-corrected chi connectivity index (χ0v) is 20.5. The Balaban J connectivity index is 2.97. The Morgan fingerprint density at radius 2 is 1.63 bits per heavy atom. The van der Waals surface area contributed by atoms with Crippen molar-refractivity contribution in [1.29, 1.82) is 0 Å². The lowest BCUT2D eigenvalue weighted by Gasteiger charge is -2.27. The van der Waals surface area contributed by atoms with Gasteiger partial charge < -0.3 is 37.5 Å². The van der Waals surface area contributed by atoms with Crippen molar-refractivity contribution >= 4 is 29.6 Å². The number of H-pyrrole nitrogens is 1. The topological polar surface area (TPSA) is 222 Å². The molecule has 0 saturated carbocycles. The van der Waals surface area contributed by atoms with Crippen LogP contribution in [-0.2, 0) is 30.4 Å². The quantitative estimate of drug-likeness (QED) is 0.156. The van der Waals surface area contributed by atoms with Gasteiger partial charge in [-0.3, -0.25) is 19.2 Å². The van der Waals surface area contributed by atoms with Gasteiger partial charge >= 0.3 is 5.97 Å². The predicted molar refractivity (Wildman–Crippen MR) is 126 cm³/mol. The summed E-state index contributed by atoms with van der Waals surface area (Å²) in [6, 6.07) is -4.65. The molecular weight excluding hydrogens is 458 g/mol. The van der Waals surface area contributed by atoms with Gasteiger partial charge in [-0.25, -0.2) is 9.78 Å². The van der Waals surface area contributed by atoms with E-state index in [-0.39, 0.29) is 24.7 Å². The summed E-state index contributed by atoms with van der Waals surface area (Å²) in [6.07, 6.45) is 3.24. The van der Waals surface area contributed by atoms with Gasteiger partial charge in [-0.1, -0.05) is 34.1 Å². The first-order chi connectivity index (χ1) is 16.3. The summed E-state index contributed by atoms with van der Waals surface area (Å²) < 4.78 is 0.